The van der Waals surface area contributed by atoms with Crippen LogP contribution in [0.3, 0.4) is 0 Å². The van der Waals surface area contributed by atoms with Crippen LogP contribution in [0.2, 0.25) is 5.02 Å². The van der Waals surface area contributed by atoms with Crippen LogP contribution in [0.1, 0.15) is 41.3 Å². The molecule has 0 bridgehead atoms. The number of nitrogens with one attached hydrogen (secondary N) is 1. The molecule has 1 aromatic carbocycles. The number of likely N-dealkylation sites (tertiary alicyclic amines) is 1. The van der Waals surface area contributed by atoms with Crippen molar-refractivity contribution in [3.05, 3.63) is 50.7 Å². The summed E-state index contributed by atoms with van der Waals surface area (Å²) in [7, 11) is 0. The summed E-state index contributed by atoms with van der Waals surface area (Å²) >= 11 is 7.94. The molecule has 0 aliphatic carbocycles. The lowest BCUT2D eigenvalue weighted by Crippen LogP contribution is -2.41. The van der Waals surface area contributed by atoms with Crippen LogP contribution in [0.15, 0.2) is 29.6 Å². The Balaban J connectivity index is 1.54. The molecule has 146 valence electrons. The Bertz CT molecular complexity index is 735. The third-order valence-electron chi connectivity index (χ3n) is 4.98. The fraction of sp³-hybridized carbons (Fsp3) is 0.476. The molecule has 0 unspecified atom stereocenters. The number of aryl methyl sites for hydroxylation is 2. The third-order valence-corrected chi connectivity index (χ3v) is 6.55. The number of amides is 1. The van der Waals surface area contributed by atoms with Gasteiger partial charge in [-0.05, 0) is 74.5 Å². The Hall–Kier alpha value is -1.56. The number of piperidine rings is 1. The fourth-order valence-electron chi connectivity index (χ4n) is 3.52. The van der Waals surface area contributed by atoms with Crippen molar-refractivity contribution < 1.29 is 9.53 Å². The molecule has 6 heteroatoms. The highest BCUT2D eigenvalue weighted by molar-refractivity contribution is 7.10. The molecule has 1 aliphatic heterocycles. The van der Waals surface area contributed by atoms with Crippen molar-refractivity contribution in [1.82, 2.24) is 10.2 Å². The van der Waals surface area contributed by atoms with Crippen LogP contribution in [0, 0.1) is 13.8 Å². The van der Waals surface area contributed by atoms with Gasteiger partial charge in [-0.3, -0.25) is 9.69 Å². The molecule has 1 aromatic heterocycles. The standard InChI is InChI=1S/C21H27ClN2O2S/c1-15-11-17(12-16(2)21(15)22)26-14-20(25)23-13-18(19-7-6-10-27-19)24-8-4-3-5-9-24/h6-7,10-12,18H,3-5,8-9,13-14H2,1-2H3,(H,23,25)/t18-/m0/s1. The van der Waals surface area contributed by atoms with Gasteiger partial charge in [0.15, 0.2) is 6.61 Å². The maximum absolute atomic E-state index is 12.3. The van der Waals surface area contributed by atoms with E-state index < -0.39 is 0 Å². The second-order valence-corrected chi connectivity index (χ2v) is 8.45. The topological polar surface area (TPSA) is 41.6 Å². The summed E-state index contributed by atoms with van der Waals surface area (Å²) in [4.78, 5) is 16.1. The Kier molecular flexibility index (Phi) is 7.16. The number of halogens is 1. The first kappa shape index (κ1) is 20.2. The van der Waals surface area contributed by atoms with E-state index in [1.165, 1.54) is 24.1 Å². The average molecular weight is 407 g/mol. The second kappa shape index (κ2) is 9.58. The van der Waals surface area contributed by atoms with Crippen molar-refractivity contribution in [2.75, 3.05) is 26.2 Å². The minimum Gasteiger partial charge on any atom is -0.484 e. The predicted molar refractivity (Wildman–Crippen MR) is 112 cm³/mol. The SMILES string of the molecule is Cc1cc(OCC(=O)NC[C@@H](c2cccs2)N2CCCCC2)cc(C)c1Cl. The smallest absolute Gasteiger partial charge is 0.258 e. The van der Waals surface area contributed by atoms with Gasteiger partial charge in [-0.1, -0.05) is 24.1 Å². The van der Waals surface area contributed by atoms with E-state index in [0.717, 1.165) is 29.2 Å². The molecule has 2 aromatic rings. The molecule has 0 spiro atoms. The van der Waals surface area contributed by atoms with Crippen LogP contribution in [-0.2, 0) is 4.79 Å². The monoisotopic (exact) mass is 406 g/mol. The number of thiophene rings is 1. The quantitative estimate of drug-likeness (QED) is 0.722. The minimum absolute atomic E-state index is 0.0116. The highest BCUT2D eigenvalue weighted by atomic mass is 35.5. The highest BCUT2D eigenvalue weighted by Gasteiger charge is 2.23. The molecule has 1 aliphatic rings. The molecule has 1 fully saturated rings. The van der Waals surface area contributed by atoms with Crippen molar-refractivity contribution in [3.8, 4) is 5.75 Å². The van der Waals surface area contributed by atoms with E-state index >= 15 is 0 Å². The second-order valence-electron chi connectivity index (χ2n) is 7.09. The number of carbonyl (C=O) groups is 1. The minimum atomic E-state index is -0.0983. The number of hydrogen-bond acceptors (Lipinski definition) is 4. The molecule has 4 nitrogen and oxygen atoms in total. The summed E-state index contributed by atoms with van der Waals surface area (Å²) in [5, 5.41) is 5.90. The zero-order valence-electron chi connectivity index (χ0n) is 16.0. The zero-order chi connectivity index (χ0) is 19.2. The summed E-state index contributed by atoms with van der Waals surface area (Å²) < 4.78 is 5.67. The van der Waals surface area contributed by atoms with Crippen LogP contribution >= 0.6 is 22.9 Å². The Morgan fingerprint density at radius 1 is 1.26 bits per heavy atom. The zero-order valence-corrected chi connectivity index (χ0v) is 17.5. The van der Waals surface area contributed by atoms with E-state index in [1.54, 1.807) is 11.3 Å². The van der Waals surface area contributed by atoms with Gasteiger partial charge in [-0.2, -0.15) is 0 Å². The molecular weight excluding hydrogens is 380 g/mol. The van der Waals surface area contributed by atoms with Crippen LogP contribution in [-0.4, -0.2) is 37.0 Å². The lowest BCUT2D eigenvalue weighted by Gasteiger charge is -2.34. The van der Waals surface area contributed by atoms with Gasteiger partial charge in [0.05, 0.1) is 6.04 Å². The molecule has 2 heterocycles. The molecule has 3 rings (SSSR count). The number of ether oxygens (including phenoxy) is 1. The van der Waals surface area contributed by atoms with Gasteiger partial charge < -0.3 is 10.1 Å². The fourth-order valence-corrected chi connectivity index (χ4v) is 4.49. The van der Waals surface area contributed by atoms with E-state index in [4.69, 9.17) is 16.3 Å². The van der Waals surface area contributed by atoms with Gasteiger partial charge in [-0.15, -0.1) is 11.3 Å². The van der Waals surface area contributed by atoms with Crippen molar-refractivity contribution in [3.63, 3.8) is 0 Å². The lowest BCUT2D eigenvalue weighted by molar-refractivity contribution is -0.123. The number of nitrogens with zero attached hydrogens (tertiary/aromatic N) is 1. The Labute approximate surface area is 170 Å². The Morgan fingerprint density at radius 3 is 2.59 bits per heavy atom. The van der Waals surface area contributed by atoms with Gasteiger partial charge in [0.2, 0.25) is 0 Å². The predicted octanol–water partition coefficient (Wildman–Crippen LogP) is 4.74. The van der Waals surface area contributed by atoms with E-state index in [1.807, 2.05) is 26.0 Å². The molecule has 1 N–H and O–H groups in total. The van der Waals surface area contributed by atoms with E-state index in [0.29, 0.717) is 12.3 Å². The van der Waals surface area contributed by atoms with Gasteiger partial charge in [-0.25, -0.2) is 0 Å². The summed E-state index contributed by atoms with van der Waals surface area (Å²) in [5.41, 5.74) is 1.91. The molecule has 1 saturated heterocycles. The maximum atomic E-state index is 12.3. The van der Waals surface area contributed by atoms with Crippen LogP contribution in [0.4, 0.5) is 0 Å². The van der Waals surface area contributed by atoms with E-state index in [-0.39, 0.29) is 18.6 Å². The third kappa shape index (κ3) is 5.47. The Morgan fingerprint density at radius 2 is 1.96 bits per heavy atom. The first-order chi connectivity index (χ1) is 13.0. The normalized spacial score (nSPS) is 16.1. The summed E-state index contributed by atoms with van der Waals surface area (Å²) in [6.45, 7) is 6.69. The van der Waals surface area contributed by atoms with Gasteiger partial charge in [0, 0.05) is 16.4 Å². The number of hydrogen-bond donors (Lipinski definition) is 1. The number of carbonyl (C=O) groups excluding carboxylic acids is 1. The molecule has 27 heavy (non-hydrogen) atoms. The van der Waals surface area contributed by atoms with E-state index in [2.05, 4.69) is 27.7 Å². The van der Waals surface area contributed by atoms with Crippen molar-refractivity contribution in [1.29, 1.82) is 0 Å². The van der Waals surface area contributed by atoms with Gasteiger partial charge >= 0.3 is 0 Å². The molecule has 0 saturated carbocycles. The first-order valence-electron chi connectivity index (χ1n) is 9.48. The van der Waals surface area contributed by atoms with Crippen molar-refractivity contribution >= 4 is 28.8 Å². The largest absolute Gasteiger partial charge is 0.484 e. The van der Waals surface area contributed by atoms with Crippen LogP contribution in [0.5, 0.6) is 5.75 Å². The van der Waals surface area contributed by atoms with Crippen molar-refractivity contribution in [2.45, 2.75) is 39.2 Å². The van der Waals surface area contributed by atoms with Gasteiger partial charge in [0.1, 0.15) is 5.75 Å². The summed E-state index contributed by atoms with van der Waals surface area (Å²) in [6.07, 6.45) is 3.76. The highest BCUT2D eigenvalue weighted by Crippen LogP contribution is 2.28. The van der Waals surface area contributed by atoms with Crippen molar-refractivity contribution in [2.24, 2.45) is 0 Å². The molecule has 1 atom stereocenters. The van der Waals surface area contributed by atoms with E-state index in [9.17, 15) is 4.79 Å². The summed E-state index contributed by atoms with van der Waals surface area (Å²) in [5.74, 6) is 0.578. The maximum Gasteiger partial charge on any atom is 0.258 e. The van der Waals surface area contributed by atoms with Crippen LogP contribution < -0.4 is 10.1 Å². The number of rotatable bonds is 7. The van der Waals surface area contributed by atoms with Crippen LogP contribution in [0.25, 0.3) is 0 Å². The van der Waals surface area contributed by atoms with Gasteiger partial charge in [0.25, 0.3) is 5.91 Å². The summed E-state index contributed by atoms with van der Waals surface area (Å²) in [6, 6.07) is 8.21. The first-order valence-corrected chi connectivity index (χ1v) is 10.7. The molecule has 1 amide bonds. The average Bonchev–Trinajstić information content (AvgIpc) is 3.20. The molecule has 0 radical (unpaired) electrons. The lowest BCUT2D eigenvalue weighted by atomic mass is 10.1. The molecular formula is C21H27ClN2O2S. The number of benzene rings is 1.